The molecular weight excluding hydrogens is 362 g/mol. The highest BCUT2D eigenvalue weighted by Crippen LogP contribution is 2.39. The number of hydrogen-bond acceptors (Lipinski definition) is 6. The normalized spacial score (nSPS) is 10.5. The van der Waals surface area contributed by atoms with E-state index in [1.165, 1.54) is 27.2 Å². The zero-order chi connectivity index (χ0) is 20.5. The van der Waals surface area contributed by atoms with Crippen LogP contribution in [0.4, 0.5) is 0 Å². The van der Waals surface area contributed by atoms with E-state index in [-0.39, 0.29) is 17.4 Å². The number of hydrogen-bond donors (Lipinski definition) is 2. The van der Waals surface area contributed by atoms with E-state index in [9.17, 15) is 14.7 Å². The predicted molar refractivity (Wildman–Crippen MR) is 105 cm³/mol. The lowest BCUT2D eigenvalue weighted by Crippen LogP contribution is -2.23. The number of carbonyl (C=O) groups is 2. The molecule has 2 aromatic carbocycles. The minimum absolute atomic E-state index is 0.188. The molecule has 0 bridgehead atoms. The van der Waals surface area contributed by atoms with Gasteiger partial charge in [-0.25, -0.2) is 0 Å². The SMILES string of the molecule is COc1cc(C=CC(=O)NCCc2ccc(O)cc2)cc(OC)c1OC(C)=O. The summed E-state index contributed by atoms with van der Waals surface area (Å²) in [6, 6.07) is 10.1. The second-order valence-corrected chi connectivity index (χ2v) is 5.89. The van der Waals surface area contributed by atoms with Crippen molar-refractivity contribution in [2.45, 2.75) is 13.3 Å². The highest BCUT2D eigenvalue weighted by atomic mass is 16.6. The van der Waals surface area contributed by atoms with E-state index in [0.29, 0.717) is 30.0 Å². The summed E-state index contributed by atoms with van der Waals surface area (Å²) in [6.45, 7) is 1.75. The number of carbonyl (C=O) groups excluding carboxylic acids is 2. The Morgan fingerprint density at radius 2 is 1.68 bits per heavy atom. The lowest BCUT2D eigenvalue weighted by Gasteiger charge is -2.13. The fraction of sp³-hybridized carbons (Fsp3) is 0.238. The van der Waals surface area contributed by atoms with Crippen LogP contribution in [-0.4, -0.2) is 37.7 Å². The molecule has 0 atom stereocenters. The van der Waals surface area contributed by atoms with Crippen molar-refractivity contribution in [1.29, 1.82) is 0 Å². The molecule has 7 heteroatoms. The Hall–Kier alpha value is -3.48. The van der Waals surface area contributed by atoms with E-state index in [1.54, 1.807) is 42.5 Å². The number of esters is 1. The number of amides is 1. The lowest BCUT2D eigenvalue weighted by atomic mass is 10.1. The van der Waals surface area contributed by atoms with Crippen LogP contribution in [0.2, 0.25) is 0 Å². The molecule has 0 aliphatic carbocycles. The second-order valence-electron chi connectivity index (χ2n) is 5.89. The number of phenols is 1. The van der Waals surface area contributed by atoms with Crippen LogP contribution in [0, 0.1) is 0 Å². The molecule has 148 valence electrons. The van der Waals surface area contributed by atoms with Gasteiger partial charge < -0.3 is 24.6 Å². The van der Waals surface area contributed by atoms with Crippen LogP contribution < -0.4 is 19.5 Å². The van der Waals surface area contributed by atoms with Gasteiger partial charge in [0.1, 0.15) is 5.75 Å². The van der Waals surface area contributed by atoms with Gasteiger partial charge in [-0.3, -0.25) is 9.59 Å². The van der Waals surface area contributed by atoms with Crippen molar-refractivity contribution in [3.63, 3.8) is 0 Å². The van der Waals surface area contributed by atoms with Crippen LogP contribution in [0.3, 0.4) is 0 Å². The molecule has 2 N–H and O–H groups in total. The molecule has 0 saturated heterocycles. The molecule has 2 rings (SSSR count). The minimum Gasteiger partial charge on any atom is -0.508 e. The topological polar surface area (TPSA) is 94.1 Å². The van der Waals surface area contributed by atoms with Crippen molar-refractivity contribution in [3.8, 4) is 23.0 Å². The van der Waals surface area contributed by atoms with E-state index in [0.717, 1.165) is 5.56 Å². The molecular formula is C21H23NO6. The first-order valence-corrected chi connectivity index (χ1v) is 8.61. The van der Waals surface area contributed by atoms with Crippen LogP contribution in [0.15, 0.2) is 42.5 Å². The van der Waals surface area contributed by atoms with Crippen molar-refractivity contribution in [1.82, 2.24) is 5.32 Å². The number of benzene rings is 2. The highest BCUT2D eigenvalue weighted by Gasteiger charge is 2.15. The van der Waals surface area contributed by atoms with Gasteiger partial charge in [-0.1, -0.05) is 12.1 Å². The van der Waals surface area contributed by atoms with Crippen LogP contribution in [0.5, 0.6) is 23.0 Å². The Bertz CT molecular complexity index is 833. The van der Waals surface area contributed by atoms with Gasteiger partial charge in [-0.2, -0.15) is 0 Å². The Labute approximate surface area is 163 Å². The van der Waals surface area contributed by atoms with Crippen LogP contribution in [0.1, 0.15) is 18.1 Å². The summed E-state index contributed by atoms with van der Waals surface area (Å²) in [4.78, 5) is 23.3. The van der Waals surface area contributed by atoms with Gasteiger partial charge in [-0.05, 0) is 47.9 Å². The maximum atomic E-state index is 12.0. The molecule has 0 saturated carbocycles. The number of aromatic hydroxyl groups is 1. The molecule has 0 radical (unpaired) electrons. The smallest absolute Gasteiger partial charge is 0.308 e. The first-order chi connectivity index (χ1) is 13.4. The number of nitrogens with one attached hydrogen (secondary N) is 1. The summed E-state index contributed by atoms with van der Waals surface area (Å²) in [5.41, 5.74) is 1.66. The molecule has 28 heavy (non-hydrogen) atoms. The minimum atomic E-state index is -0.493. The summed E-state index contributed by atoms with van der Waals surface area (Å²) >= 11 is 0. The monoisotopic (exact) mass is 385 g/mol. The fourth-order valence-electron chi connectivity index (χ4n) is 2.46. The Kier molecular flexibility index (Phi) is 7.45. The van der Waals surface area contributed by atoms with Crippen molar-refractivity contribution < 1.29 is 28.9 Å². The van der Waals surface area contributed by atoms with Crippen molar-refractivity contribution in [2.75, 3.05) is 20.8 Å². The fourth-order valence-corrected chi connectivity index (χ4v) is 2.46. The first kappa shape index (κ1) is 20.8. The van der Waals surface area contributed by atoms with E-state index in [1.807, 2.05) is 0 Å². The molecule has 7 nitrogen and oxygen atoms in total. The summed E-state index contributed by atoms with van der Waals surface area (Å²) in [5.74, 6) is 0.298. The average Bonchev–Trinajstić information content (AvgIpc) is 2.68. The molecule has 0 aliphatic rings. The van der Waals surface area contributed by atoms with Crippen molar-refractivity contribution >= 4 is 18.0 Å². The van der Waals surface area contributed by atoms with Crippen molar-refractivity contribution in [3.05, 3.63) is 53.6 Å². The lowest BCUT2D eigenvalue weighted by molar-refractivity contribution is -0.132. The maximum absolute atomic E-state index is 12.0. The van der Waals surface area contributed by atoms with Gasteiger partial charge >= 0.3 is 5.97 Å². The molecule has 0 aliphatic heterocycles. The molecule has 0 unspecified atom stereocenters. The molecule has 0 heterocycles. The molecule has 1 amide bonds. The number of phenolic OH excluding ortho intramolecular Hbond substituents is 1. The van der Waals surface area contributed by atoms with Gasteiger partial charge in [0, 0.05) is 19.5 Å². The zero-order valence-electron chi connectivity index (χ0n) is 16.0. The van der Waals surface area contributed by atoms with Gasteiger partial charge in [0.2, 0.25) is 11.7 Å². The third kappa shape index (κ3) is 6.05. The molecule has 0 spiro atoms. The second kappa shape index (κ2) is 10.0. The predicted octanol–water partition coefficient (Wildman–Crippen LogP) is 2.71. The van der Waals surface area contributed by atoms with E-state index < -0.39 is 5.97 Å². The summed E-state index contributed by atoms with van der Waals surface area (Å²) in [5, 5.41) is 12.1. The third-order valence-corrected chi connectivity index (χ3v) is 3.81. The summed E-state index contributed by atoms with van der Waals surface area (Å²) in [7, 11) is 2.90. The van der Waals surface area contributed by atoms with Gasteiger partial charge in [0.25, 0.3) is 0 Å². The van der Waals surface area contributed by atoms with Gasteiger partial charge in [-0.15, -0.1) is 0 Å². The van der Waals surface area contributed by atoms with E-state index in [4.69, 9.17) is 14.2 Å². The molecule has 0 fully saturated rings. The number of rotatable bonds is 8. The van der Waals surface area contributed by atoms with Crippen molar-refractivity contribution in [2.24, 2.45) is 0 Å². The Morgan fingerprint density at radius 1 is 1.07 bits per heavy atom. The Balaban J connectivity index is 2.00. The standard InChI is InChI=1S/C21H23NO6/c1-14(23)28-21-18(26-2)12-16(13-19(21)27-3)6-9-20(25)22-11-10-15-4-7-17(24)8-5-15/h4-9,12-13,24H,10-11H2,1-3H3,(H,22,25). The third-order valence-electron chi connectivity index (χ3n) is 3.81. The largest absolute Gasteiger partial charge is 0.508 e. The van der Waals surface area contributed by atoms with Crippen LogP contribution in [-0.2, 0) is 16.0 Å². The first-order valence-electron chi connectivity index (χ1n) is 8.61. The van der Waals surface area contributed by atoms with E-state index >= 15 is 0 Å². The summed E-state index contributed by atoms with van der Waals surface area (Å²) in [6.07, 6.45) is 3.66. The average molecular weight is 385 g/mol. The highest BCUT2D eigenvalue weighted by molar-refractivity contribution is 5.92. The summed E-state index contributed by atoms with van der Waals surface area (Å²) < 4.78 is 15.6. The number of ether oxygens (including phenoxy) is 3. The van der Waals surface area contributed by atoms with Gasteiger partial charge in [0.15, 0.2) is 11.5 Å². The quantitative estimate of drug-likeness (QED) is 0.412. The van der Waals surface area contributed by atoms with Crippen LogP contribution in [0.25, 0.3) is 6.08 Å². The Morgan fingerprint density at radius 3 is 2.21 bits per heavy atom. The molecule has 2 aromatic rings. The number of methoxy groups -OCH3 is 2. The maximum Gasteiger partial charge on any atom is 0.308 e. The zero-order valence-corrected chi connectivity index (χ0v) is 16.0. The van der Waals surface area contributed by atoms with Gasteiger partial charge in [0.05, 0.1) is 14.2 Å². The molecule has 0 aromatic heterocycles. The van der Waals surface area contributed by atoms with E-state index in [2.05, 4.69) is 5.32 Å². The van der Waals surface area contributed by atoms with Crippen LogP contribution >= 0.6 is 0 Å².